The fourth-order valence-electron chi connectivity index (χ4n) is 2.61. The van der Waals surface area contributed by atoms with Gasteiger partial charge in [-0.2, -0.15) is 0 Å². The van der Waals surface area contributed by atoms with Crippen molar-refractivity contribution in [3.63, 3.8) is 0 Å². The predicted octanol–water partition coefficient (Wildman–Crippen LogP) is 1.42. The van der Waals surface area contributed by atoms with Crippen molar-refractivity contribution in [1.29, 1.82) is 0 Å². The van der Waals surface area contributed by atoms with Gasteiger partial charge in [0.1, 0.15) is 0 Å². The number of nitrogens with one attached hydrogen (secondary N) is 2. The molecular formula is C16H21N3O4S. The largest absolute Gasteiger partial charge is 0.339 e. The minimum Gasteiger partial charge on any atom is -0.339 e. The van der Waals surface area contributed by atoms with E-state index < -0.39 is 10.0 Å². The molecule has 130 valence electrons. The molecule has 1 aliphatic rings. The first-order chi connectivity index (χ1) is 11.3. The summed E-state index contributed by atoms with van der Waals surface area (Å²) in [5, 5.41) is 2.77. The molecule has 24 heavy (non-hydrogen) atoms. The molecule has 0 radical (unpaired) electrons. The Hall–Kier alpha value is -2.35. The van der Waals surface area contributed by atoms with Crippen LogP contribution in [0, 0.1) is 5.92 Å². The smallest absolute Gasteiger partial charge is 0.245 e. The third-order valence-corrected chi connectivity index (χ3v) is 4.42. The maximum absolute atomic E-state index is 12.4. The van der Waals surface area contributed by atoms with Gasteiger partial charge in [0, 0.05) is 19.0 Å². The van der Waals surface area contributed by atoms with Crippen molar-refractivity contribution < 1.29 is 18.0 Å². The number of likely N-dealkylation sites (tertiary alicyclic amines) is 1. The fourth-order valence-corrected chi connectivity index (χ4v) is 3.18. The van der Waals surface area contributed by atoms with E-state index in [1.807, 2.05) is 0 Å². The lowest BCUT2D eigenvalue weighted by atomic mass is 9.95. The molecule has 0 aromatic heterocycles. The van der Waals surface area contributed by atoms with Crippen molar-refractivity contribution >= 4 is 33.2 Å². The molecule has 1 aromatic carbocycles. The summed E-state index contributed by atoms with van der Waals surface area (Å²) < 4.78 is 25.2. The van der Waals surface area contributed by atoms with Crippen LogP contribution in [0.3, 0.4) is 0 Å². The van der Waals surface area contributed by atoms with E-state index in [0.29, 0.717) is 37.3 Å². The summed E-state index contributed by atoms with van der Waals surface area (Å²) in [4.78, 5) is 25.6. The van der Waals surface area contributed by atoms with Crippen LogP contribution in [0.2, 0.25) is 0 Å². The average molecular weight is 351 g/mol. The van der Waals surface area contributed by atoms with Gasteiger partial charge in [0.25, 0.3) is 0 Å². The van der Waals surface area contributed by atoms with Crippen LogP contribution in [0.4, 0.5) is 11.4 Å². The zero-order valence-corrected chi connectivity index (χ0v) is 14.3. The molecule has 7 nitrogen and oxygen atoms in total. The van der Waals surface area contributed by atoms with Crippen LogP contribution >= 0.6 is 0 Å². The molecule has 0 bridgehead atoms. The summed E-state index contributed by atoms with van der Waals surface area (Å²) in [6.45, 7) is 4.47. The Kier molecular flexibility index (Phi) is 5.61. The van der Waals surface area contributed by atoms with Crippen molar-refractivity contribution in [2.75, 3.05) is 29.4 Å². The monoisotopic (exact) mass is 351 g/mol. The first-order valence-corrected chi connectivity index (χ1v) is 9.48. The van der Waals surface area contributed by atoms with Crippen molar-refractivity contribution in [2.45, 2.75) is 12.8 Å². The molecule has 8 heteroatoms. The average Bonchev–Trinajstić information content (AvgIpc) is 2.54. The lowest BCUT2D eigenvalue weighted by molar-refractivity contribution is -0.130. The summed E-state index contributed by atoms with van der Waals surface area (Å²) in [5.41, 5.74) is 0.741. The van der Waals surface area contributed by atoms with Crippen LogP contribution in [0.25, 0.3) is 0 Å². The number of sulfonamides is 1. The molecule has 1 fully saturated rings. The molecule has 1 saturated heterocycles. The van der Waals surface area contributed by atoms with Gasteiger partial charge in [-0.3, -0.25) is 14.3 Å². The van der Waals surface area contributed by atoms with Gasteiger partial charge in [-0.1, -0.05) is 18.7 Å². The van der Waals surface area contributed by atoms with Crippen molar-refractivity contribution in [3.05, 3.63) is 36.9 Å². The highest BCUT2D eigenvalue weighted by atomic mass is 32.2. The zero-order valence-electron chi connectivity index (χ0n) is 13.5. The first kappa shape index (κ1) is 18.0. The van der Waals surface area contributed by atoms with Gasteiger partial charge in [0.2, 0.25) is 21.8 Å². The second-order valence-electron chi connectivity index (χ2n) is 5.71. The number of carbonyl (C=O) groups excluding carboxylic acids is 2. The number of anilines is 2. The molecule has 1 aromatic rings. The van der Waals surface area contributed by atoms with Crippen LogP contribution in [0.1, 0.15) is 12.8 Å². The second-order valence-corrected chi connectivity index (χ2v) is 7.46. The standard InChI is InChI=1S/C16H21N3O4S/c1-3-15(20)19-10-8-12(9-11-19)16(21)17-13-6-4-5-7-14(13)18-24(2,22)23/h3-7,12,18H,1,8-11H2,2H3,(H,17,21). The molecule has 1 aliphatic heterocycles. The molecule has 2 rings (SSSR count). The lowest BCUT2D eigenvalue weighted by Gasteiger charge is -2.30. The molecule has 0 spiro atoms. The highest BCUT2D eigenvalue weighted by molar-refractivity contribution is 7.92. The number of para-hydroxylation sites is 2. The Bertz CT molecular complexity index is 737. The van der Waals surface area contributed by atoms with Crippen LogP contribution < -0.4 is 10.0 Å². The van der Waals surface area contributed by atoms with Crippen molar-refractivity contribution in [2.24, 2.45) is 5.92 Å². The molecule has 2 amide bonds. The quantitative estimate of drug-likeness (QED) is 0.784. The van der Waals surface area contributed by atoms with Crippen LogP contribution in [-0.2, 0) is 19.6 Å². The van der Waals surface area contributed by atoms with E-state index in [9.17, 15) is 18.0 Å². The van der Waals surface area contributed by atoms with E-state index >= 15 is 0 Å². The molecule has 0 unspecified atom stereocenters. The van der Waals surface area contributed by atoms with Gasteiger partial charge in [-0.25, -0.2) is 8.42 Å². The third kappa shape index (κ3) is 4.82. The van der Waals surface area contributed by atoms with E-state index in [1.165, 1.54) is 6.08 Å². The molecule has 2 N–H and O–H groups in total. The molecule has 1 heterocycles. The Morgan fingerprint density at radius 1 is 1.21 bits per heavy atom. The second kappa shape index (κ2) is 7.48. The third-order valence-electron chi connectivity index (χ3n) is 3.83. The number of hydrogen-bond donors (Lipinski definition) is 2. The van der Waals surface area contributed by atoms with Crippen molar-refractivity contribution in [3.8, 4) is 0 Å². The number of nitrogens with zero attached hydrogens (tertiary/aromatic N) is 1. The summed E-state index contributed by atoms with van der Waals surface area (Å²) in [5.74, 6) is -0.523. The van der Waals surface area contributed by atoms with Crippen LogP contribution in [0.15, 0.2) is 36.9 Å². The van der Waals surface area contributed by atoms with Gasteiger partial charge >= 0.3 is 0 Å². The number of rotatable bonds is 5. The number of carbonyl (C=O) groups is 2. The summed E-state index contributed by atoms with van der Waals surface area (Å²) in [7, 11) is -3.43. The van der Waals surface area contributed by atoms with E-state index in [1.54, 1.807) is 29.2 Å². The van der Waals surface area contributed by atoms with Crippen molar-refractivity contribution in [1.82, 2.24) is 4.90 Å². The van der Waals surface area contributed by atoms with E-state index in [2.05, 4.69) is 16.6 Å². The SMILES string of the molecule is C=CC(=O)N1CCC(C(=O)Nc2ccccc2NS(C)(=O)=O)CC1. The normalized spacial score (nSPS) is 15.6. The Labute approximate surface area is 141 Å². The van der Waals surface area contributed by atoms with Gasteiger partial charge in [0.15, 0.2) is 0 Å². The minimum atomic E-state index is -3.43. The molecule has 0 aliphatic carbocycles. The molecule has 0 saturated carbocycles. The van der Waals surface area contributed by atoms with Gasteiger partial charge in [-0.05, 0) is 31.1 Å². The lowest BCUT2D eigenvalue weighted by Crippen LogP contribution is -2.40. The fraction of sp³-hybridized carbons (Fsp3) is 0.375. The Balaban J connectivity index is 2.01. The maximum Gasteiger partial charge on any atom is 0.245 e. The van der Waals surface area contributed by atoms with E-state index in [4.69, 9.17) is 0 Å². The summed E-state index contributed by atoms with van der Waals surface area (Å²) in [6, 6.07) is 6.63. The van der Waals surface area contributed by atoms with Crippen LogP contribution in [-0.4, -0.2) is 44.5 Å². The maximum atomic E-state index is 12.4. The number of benzene rings is 1. The number of amides is 2. The Morgan fingerprint density at radius 2 is 1.79 bits per heavy atom. The van der Waals surface area contributed by atoms with Crippen LogP contribution in [0.5, 0.6) is 0 Å². The molecular weight excluding hydrogens is 330 g/mol. The highest BCUT2D eigenvalue weighted by Crippen LogP contribution is 2.25. The van der Waals surface area contributed by atoms with E-state index in [0.717, 1.165) is 6.26 Å². The molecule has 0 atom stereocenters. The number of piperidine rings is 1. The minimum absolute atomic E-state index is 0.128. The predicted molar refractivity (Wildman–Crippen MR) is 93.0 cm³/mol. The first-order valence-electron chi connectivity index (χ1n) is 7.59. The summed E-state index contributed by atoms with van der Waals surface area (Å²) in [6.07, 6.45) is 3.45. The van der Waals surface area contributed by atoms with Gasteiger partial charge in [-0.15, -0.1) is 0 Å². The zero-order chi connectivity index (χ0) is 17.7. The number of hydrogen-bond acceptors (Lipinski definition) is 4. The topological polar surface area (TPSA) is 95.6 Å². The van der Waals surface area contributed by atoms with Gasteiger partial charge in [0.05, 0.1) is 17.6 Å². The summed E-state index contributed by atoms with van der Waals surface area (Å²) >= 11 is 0. The van der Waals surface area contributed by atoms with E-state index in [-0.39, 0.29) is 17.7 Å². The van der Waals surface area contributed by atoms with Gasteiger partial charge < -0.3 is 10.2 Å². The highest BCUT2D eigenvalue weighted by Gasteiger charge is 2.26. The Morgan fingerprint density at radius 3 is 2.33 bits per heavy atom.